The van der Waals surface area contributed by atoms with E-state index in [4.69, 9.17) is 5.73 Å². The van der Waals surface area contributed by atoms with Crippen molar-refractivity contribution in [1.82, 2.24) is 9.97 Å². The molecule has 0 fully saturated rings. The fraction of sp³-hybridized carbons (Fsp3) is 0.188. The molecule has 2 N–H and O–H groups in total. The zero-order valence-electron chi connectivity index (χ0n) is 12.2. The highest BCUT2D eigenvalue weighted by Crippen LogP contribution is 2.35. The number of amidine groups is 1. The summed E-state index contributed by atoms with van der Waals surface area (Å²) in [7, 11) is 0. The van der Waals surface area contributed by atoms with Gasteiger partial charge < -0.3 is 10.6 Å². The molecule has 3 heterocycles. The lowest BCUT2D eigenvalue weighted by molar-refractivity contribution is 0.989. The third-order valence-electron chi connectivity index (χ3n) is 3.81. The molecule has 1 aromatic carbocycles. The van der Waals surface area contributed by atoms with Gasteiger partial charge in [0.2, 0.25) is 5.95 Å². The molecule has 110 valence electrons. The van der Waals surface area contributed by atoms with Gasteiger partial charge in [0.15, 0.2) is 0 Å². The SMILES string of the molecule is CSc1cccc(-c2nc(N)nc3c2C=CC2=NCCN23)c1. The fourth-order valence-corrected chi connectivity index (χ4v) is 3.26. The number of nitrogen functional groups attached to an aromatic ring is 1. The van der Waals surface area contributed by atoms with E-state index in [1.54, 1.807) is 11.8 Å². The van der Waals surface area contributed by atoms with E-state index in [0.29, 0.717) is 5.95 Å². The summed E-state index contributed by atoms with van der Waals surface area (Å²) < 4.78 is 0. The summed E-state index contributed by atoms with van der Waals surface area (Å²) >= 11 is 1.71. The lowest BCUT2D eigenvalue weighted by atomic mass is 10.0. The van der Waals surface area contributed by atoms with Crippen molar-refractivity contribution in [3.8, 4) is 11.3 Å². The second-order valence-electron chi connectivity index (χ2n) is 5.12. The quantitative estimate of drug-likeness (QED) is 0.864. The van der Waals surface area contributed by atoms with Crippen molar-refractivity contribution in [2.24, 2.45) is 4.99 Å². The van der Waals surface area contributed by atoms with Crippen LogP contribution in [0.25, 0.3) is 17.3 Å². The van der Waals surface area contributed by atoms with E-state index in [2.05, 4.69) is 44.3 Å². The van der Waals surface area contributed by atoms with Gasteiger partial charge in [-0.2, -0.15) is 4.98 Å². The summed E-state index contributed by atoms with van der Waals surface area (Å²) in [4.78, 5) is 16.7. The predicted molar refractivity (Wildman–Crippen MR) is 92.3 cm³/mol. The first-order valence-electron chi connectivity index (χ1n) is 7.08. The number of rotatable bonds is 2. The fourth-order valence-electron chi connectivity index (χ4n) is 2.80. The maximum absolute atomic E-state index is 5.96. The molecule has 5 nitrogen and oxygen atoms in total. The van der Waals surface area contributed by atoms with Gasteiger partial charge in [0.1, 0.15) is 11.7 Å². The highest BCUT2D eigenvalue weighted by atomic mass is 32.2. The van der Waals surface area contributed by atoms with Crippen LogP contribution in [-0.4, -0.2) is 35.1 Å². The molecule has 0 atom stereocenters. The molecule has 0 spiro atoms. The summed E-state index contributed by atoms with van der Waals surface area (Å²) in [5, 5.41) is 0. The average Bonchev–Trinajstić information content (AvgIpc) is 3.03. The Morgan fingerprint density at radius 1 is 1.23 bits per heavy atom. The van der Waals surface area contributed by atoms with Crippen LogP contribution in [0.5, 0.6) is 0 Å². The Kier molecular flexibility index (Phi) is 3.11. The van der Waals surface area contributed by atoms with Gasteiger partial charge in [-0.15, -0.1) is 11.8 Å². The van der Waals surface area contributed by atoms with Gasteiger partial charge in [-0.25, -0.2) is 4.98 Å². The first-order chi connectivity index (χ1) is 10.8. The van der Waals surface area contributed by atoms with E-state index in [9.17, 15) is 0 Å². The molecule has 22 heavy (non-hydrogen) atoms. The zero-order valence-corrected chi connectivity index (χ0v) is 13.0. The summed E-state index contributed by atoms with van der Waals surface area (Å²) in [5.74, 6) is 2.11. The maximum atomic E-state index is 5.96. The Morgan fingerprint density at radius 2 is 2.14 bits per heavy atom. The molecule has 2 aromatic rings. The summed E-state index contributed by atoms with van der Waals surface area (Å²) in [6.45, 7) is 1.63. The third kappa shape index (κ3) is 2.07. The third-order valence-corrected chi connectivity index (χ3v) is 4.54. The van der Waals surface area contributed by atoms with Gasteiger partial charge in [0.25, 0.3) is 0 Å². The van der Waals surface area contributed by atoms with E-state index in [0.717, 1.165) is 41.6 Å². The van der Waals surface area contributed by atoms with Crippen LogP contribution in [0.15, 0.2) is 40.2 Å². The van der Waals surface area contributed by atoms with E-state index in [1.807, 2.05) is 18.2 Å². The van der Waals surface area contributed by atoms with E-state index in [1.165, 1.54) is 4.90 Å². The molecule has 0 saturated carbocycles. The number of nitrogens with two attached hydrogens (primary N) is 1. The van der Waals surface area contributed by atoms with Crippen LogP contribution in [0.2, 0.25) is 0 Å². The number of aliphatic imine (C=N–C) groups is 1. The second-order valence-corrected chi connectivity index (χ2v) is 6.00. The molecule has 0 radical (unpaired) electrons. The number of thioether (sulfide) groups is 1. The van der Waals surface area contributed by atoms with Crippen LogP contribution >= 0.6 is 11.8 Å². The molecular formula is C16H15N5S. The second kappa shape index (κ2) is 5.14. The van der Waals surface area contributed by atoms with Gasteiger partial charge in [-0.1, -0.05) is 12.1 Å². The average molecular weight is 309 g/mol. The van der Waals surface area contributed by atoms with Crippen LogP contribution < -0.4 is 10.6 Å². The number of aromatic nitrogens is 2. The maximum Gasteiger partial charge on any atom is 0.222 e. The van der Waals surface area contributed by atoms with Crippen molar-refractivity contribution in [2.45, 2.75) is 4.90 Å². The summed E-state index contributed by atoms with van der Waals surface area (Å²) in [6.07, 6.45) is 6.13. The normalized spacial score (nSPS) is 15.5. The van der Waals surface area contributed by atoms with Crippen LogP contribution in [0, 0.1) is 0 Å². The van der Waals surface area contributed by atoms with Crippen LogP contribution in [-0.2, 0) is 0 Å². The smallest absolute Gasteiger partial charge is 0.222 e. The molecule has 1 aromatic heterocycles. The Labute approximate surface area is 133 Å². The first kappa shape index (κ1) is 13.3. The van der Waals surface area contributed by atoms with Gasteiger partial charge >= 0.3 is 0 Å². The Hall–Kier alpha value is -2.34. The number of benzene rings is 1. The van der Waals surface area contributed by atoms with Crippen LogP contribution in [0.3, 0.4) is 0 Å². The highest BCUT2D eigenvalue weighted by Gasteiger charge is 2.26. The topological polar surface area (TPSA) is 67.4 Å². The lowest BCUT2D eigenvalue weighted by Gasteiger charge is -2.24. The Balaban J connectivity index is 1.92. The van der Waals surface area contributed by atoms with Crippen LogP contribution in [0.1, 0.15) is 5.56 Å². The molecule has 0 saturated heterocycles. The molecule has 0 amide bonds. The largest absolute Gasteiger partial charge is 0.368 e. The molecular weight excluding hydrogens is 294 g/mol. The zero-order chi connectivity index (χ0) is 15.1. The van der Waals surface area contributed by atoms with Crippen molar-refractivity contribution in [3.63, 3.8) is 0 Å². The molecule has 0 aliphatic carbocycles. The van der Waals surface area contributed by atoms with E-state index < -0.39 is 0 Å². The predicted octanol–water partition coefficient (Wildman–Crippen LogP) is 2.69. The van der Waals surface area contributed by atoms with Crippen LogP contribution in [0.4, 0.5) is 11.8 Å². The molecule has 2 aliphatic rings. The monoisotopic (exact) mass is 309 g/mol. The standard InChI is InChI=1S/C16H15N5S/c1-22-11-4-2-3-10(9-11)14-12-5-6-13-18-7-8-21(13)15(12)20-16(17)19-14/h2-6,9H,7-8H2,1H3,(H2,17,19,20). The minimum atomic E-state index is 0.296. The van der Waals surface area contributed by atoms with E-state index in [-0.39, 0.29) is 0 Å². The van der Waals surface area contributed by atoms with Crippen molar-refractivity contribution in [2.75, 3.05) is 30.0 Å². The van der Waals surface area contributed by atoms with Crippen molar-refractivity contribution < 1.29 is 0 Å². The Bertz CT molecular complexity index is 812. The number of hydrogen-bond donors (Lipinski definition) is 1. The lowest BCUT2D eigenvalue weighted by Crippen LogP contribution is -2.30. The molecule has 2 aliphatic heterocycles. The van der Waals surface area contributed by atoms with Gasteiger partial charge in [-0.3, -0.25) is 4.99 Å². The molecule has 0 bridgehead atoms. The Morgan fingerprint density at radius 3 is 3.00 bits per heavy atom. The van der Waals surface area contributed by atoms with Gasteiger partial charge in [0, 0.05) is 22.6 Å². The van der Waals surface area contributed by atoms with Crippen molar-refractivity contribution >= 4 is 35.4 Å². The van der Waals surface area contributed by atoms with Crippen molar-refractivity contribution in [1.29, 1.82) is 0 Å². The molecule has 6 heteroatoms. The first-order valence-corrected chi connectivity index (χ1v) is 8.31. The number of anilines is 2. The number of nitrogens with zero attached hydrogens (tertiary/aromatic N) is 4. The van der Waals surface area contributed by atoms with Crippen molar-refractivity contribution in [3.05, 3.63) is 35.9 Å². The van der Waals surface area contributed by atoms with Gasteiger partial charge in [-0.05, 0) is 30.5 Å². The minimum absolute atomic E-state index is 0.296. The van der Waals surface area contributed by atoms with E-state index >= 15 is 0 Å². The minimum Gasteiger partial charge on any atom is -0.368 e. The molecule has 0 unspecified atom stereocenters. The number of hydrogen-bond acceptors (Lipinski definition) is 6. The number of fused-ring (bicyclic) bond motifs is 3. The molecule has 4 rings (SSSR count). The summed E-state index contributed by atoms with van der Waals surface area (Å²) in [6, 6.07) is 8.32. The highest BCUT2D eigenvalue weighted by molar-refractivity contribution is 7.98. The van der Waals surface area contributed by atoms with Gasteiger partial charge in [0.05, 0.1) is 12.2 Å². The summed E-state index contributed by atoms with van der Waals surface area (Å²) in [5.41, 5.74) is 8.90.